The van der Waals surface area contributed by atoms with Crippen molar-refractivity contribution < 1.29 is 13.2 Å². The Morgan fingerprint density at radius 3 is 1.64 bits per heavy atom. The van der Waals surface area contributed by atoms with E-state index in [9.17, 15) is 13.2 Å². The van der Waals surface area contributed by atoms with Gasteiger partial charge in [-0.15, -0.1) is 0 Å². The summed E-state index contributed by atoms with van der Waals surface area (Å²) in [6, 6.07) is 3.52. The van der Waals surface area contributed by atoms with Gasteiger partial charge < -0.3 is 0 Å². The van der Waals surface area contributed by atoms with E-state index < -0.39 is 11.7 Å². The Bertz CT molecular complexity index is 724. The minimum atomic E-state index is -4.44. The summed E-state index contributed by atoms with van der Waals surface area (Å²) in [6.07, 6.45) is -4.44. The minimum Gasteiger partial charge on any atom is -0.166 e. The summed E-state index contributed by atoms with van der Waals surface area (Å²) in [6.45, 7) is 1.34. The van der Waals surface area contributed by atoms with Gasteiger partial charge in [-0.2, -0.15) is 13.2 Å². The van der Waals surface area contributed by atoms with Gasteiger partial charge in [0.15, 0.2) is 0 Å². The zero-order chi connectivity index (χ0) is 16.8. The van der Waals surface area contributed by atoms with Crippen molar-refractivity contribution in [2.24, 2.45) is 0 Å². The van der Waals surface area contributed by atoms with Crippen molar-refractivity contribution in [3.63, 3.8) is 0 Å². The van der Waals surface area contributed by atoms with Crippen molar-refractivity contribution in [2.75, 3.05) is 0 Å². The molecule has 0 aliphatic heterocycles. The molecule has 8 heteroatoms. The van der Waals surface area contributed by atoms with E-state index in [0.29, 0.717) is 5.56 Å². The molecular formula is C14H6Cl5F3. The smallest absolute Gasteiger partial charge is 0.166 e. The van der Waals surface area contributed by atoms with Crippen LogP contribution < -0.4 is 0 Å². The van der Waals surface area contributed by atoms with Crippen LogP contribution in [0, 0.1) is 6.92 Å². The third-order valence-corrected chi connectivity index (χ3v) is 5.31. The van der Waals surface area contributed by atoms with E-state index >= 15 is 0 Å². The zero-order valence-corrected chi connectivity index (χ0v) is 14.5. The van der Waals surface area contributed by atoms with Gasteiger partial charge in [0.2, 0.25) is 0 Å². The lowest BCUT2D eigenvalue weighted by molar-refractivity contribution is -0.138. The van der Waals surface area contributed by atoms with Crippen LogP contribution in [0.25, 0.3) is 11.1 Å². The Labute approximate surface area is 149 Å². The van der Waals surface area contributed by atoms with Crippen molar-refractivity contribution >= 4 is 58.0 Å². The van der Waals surface area contributed by atoms with E-state index in [4.69, 9.17) is 58.0 Å². The SMILES string of the molecule is Cc1cc(-c2c(Cl)c(Cl)c(Cl)c(Cl)c2Cl)ccc1C(F)(F)F. The summed E-state index contributed by atoms with van der Waals surface area (Å²) in [5.41, 5.74) is -0.116. The molecule has 2 aromatic carbocycles. The van der Waals surface area contributed by atoms with Crippen LogP contribution in [0.15, 0.2) is 18.2 Å². The molecule has 0 spiro atoms. The molecular weight excluding hydrogens is 402 g/mol. The Morgan fingerprint density at radius 2 is 1.23 bits per heavy atom. The number of alkyl halides is 3. The maximum Gasteiger partial charge on any atom is 0.416 e. The van der Waals surface area contributed by atoms with Crippen molar-refractivity contribution in [3.05, 3.63) is 54.4 Å². The first kappa shape index (κ1) is 18.0. The highest BCUT2D eigenvalue weighted by molar-refractivity contribution is 6.56. The average Bonchev–Trinajstić information content (AvgIpc) is 2.42. The molecule has 0 unspecified atom stereocenters. The maximum absolute atomic E-state index is 12.8. The Kier molecular flexibility index (Phi) is 5.15. The molecule has 0 N–H and O–H groups in total. The summed E-state index contributed by atoms with van der Waals surface area (Å²) in [7, 11) is 0. The molecule has 0 saturated heterocycles. The first-order chi connectivity index (χ1) is 10.1. The van der Waals surface area contributed by atoms with E-state index in [1.54, 1.807) is 0 Å². The Hall–Kier alpha value is -0.320. The van der Waals surface area contributed by atoms with E-state index in [1.807, 2.05) is 0 Å². The topological polar surface area (TPSA) is 0 Å². The number of benzene rings is 2. The fourth-order valence-electron chi connectivity index (χ4n) is 2.00. The molecule has 0 aromatic heterocycles. The lowest BCUT2D eigenvalue weighted by Gasteiger charge is -2.15. The predicted octanol–water partition coefficient (Wildman–Crippen LogP) is 7.95. The molecule has 0 fully saturated rings. The summed E-state index contributed by atoms with van der Waals surface area (Å²) >= 11 is 30.0. The Balaban J connectivity index is 2.71. The Morgan fingerprint density at radius 1 is 0.773 bits per heavy atom. The van der Waals surface area contributed by atoms with E-state index in [2.05, 4.69) is 0 Å². The van der Waals surface area contributed by atoms with Gasteiger partial charge in [-0.3, -0.25) is 0 Å². The first-order valence-electron chi connectivity index (χ1n) is 5.75. The van der Waals surface area contributed by atoms with Crippen LogP contribution in [0.4, 0.5) is 13.2 Å². The molecule has 2 rings (SSSR count). The van der Waals surface area contributed by atoms with E-state index in [-0.39, 0.29) is 36.2 Å². The van der Waals surface area contributed by atoms with Crippen LogP contribution >= 0.6 is 58.0 Å². The van der Waals surface area contributed by atoms with Crippen LogP contribution in [0.3, 0.4) is 0 Å². The molecule has 0 saturated carbocycles. The maximum atomic E-state index is 12.8. The lowest BCUT2D eigenvalue weighted by atomic mass is 9.99. The summed E-state index contributed by atoms with van der Waals surface area (Å²) < 4.78 is 38.4. The third kappa shape index (κ3) is 3.15. The normalized spacial score (nSPS) is 11.9. The third-order valence-electron chi connectivity index (χ3n) is 3.03. The van der Waals surface area contributed by atoms with Crippen molar-refractivity contribution in [3.8, 4) is 11.1 Å². The molecule has 0 heterocycles. The van der Waals surface area contributed by atoms with Crippen LogP contribution in [0.1, 0.15) is 11.1 Å². The molecule has 0 bridgehead atoms. The molecule has 0 radical (unpaired) electrons. The van der Waals surface area contributed by atoms with Gasteiger partial charge in [0.05, 0.1) is 30.7 Å². The van der Waals surface area contributed by atoms with Gasteiger partial charge in [-0.05, 0) is 24.1 Å². The van der Waals surface area contributed by atoms with Crippen molar-refractivity contribution in [1.82, 2.24) is 0 Å². The summed E-state index contributed by atoms with van der Waals surface area (Å²) in [5, 5.41) is 0.0294. The summed E-state index contributed by atoms with van der Waals surface area (Å²) in [5.74, 6) is 0. The molecule has 0 amide bonds. The molecule has 0 atom stereocenters. The zero-order valence-electron chi connectivity index (χ0n) is 10.8. The minimum absolute atomic E-state index is 0.00860. The first-order valence-corrected chi connectivity index (χ1v) is 7.64. The quantitative estimate of drug-likeness (QED) is 0.332. The number of aryl methyl sites for hydroxylation is 1. The number of hydrogen-bond acceptors (Lipinski definition) is 0. The largest absolute Gasteiger partial charge is 0.416 e. The fraction of sp³-hybridized carbons (Fsp3) is 0.143. The second kappa shape index (κ2) is 6.29. The molecule has 2 aromatic rings. The highest BCUT2D eigenvalue weighted by Crippen LogP contribution is 2.48. The van der Waals surface area contributed by atoms with Crippen LogP contribution in [-0.2, 0) is 6.18 Å². The average molecular weight is 408 g/mol. The van der Waals surface area contributed by atoms with Crippen LogP contribution in [0.5, 0.6) is 0 Å². The highest BCUT2D eigenvalue weighted by atomic mass is 35.5. The van der Waals surface area contributed by atoms with E-state index in [0.717, 1.165) is 6.07 Å². The van der Waals surface area contributed by atoms with Crippen LogP contribution in [-0.4, -0.2) is 0 Å². The van der Waals surface area contributed by atoms with Gasteiger partial charge in [0.1, 0.15) is 0 Å². The van der Waals surface area contributed by atoms with Crippen LogP contribution in [0.2, 0.25) is 25.1 Å². The number of rotatable bonds is 1. The number of halogens is 8. The van der Waals surface area contributed by atoms with Crippen molar-refractivity contribution in [1.29, 1.82) is 0 Å². The monoisotopic (exact) mass is 406 g/mol. The van der Waals surface area contributed by atoms with Gasteiger partial charge in [-0.25, -0.2) is 0 Å². The van der Waals surface area contributed by atoms with Crippen molar-refractivity contribution in [2.45, 2.75) is 13.1 Å². The fourth-order valence-corrected chi connectivity index (χ4v) is 3.35. The molecule has 0 aliphatic rings. The lowest BCUT2D eigenvalue weighted by Crippen LogP contribution is -2.07. The van der Waals surface area contributed by atoms with E-state index in [1.165, 1.54) is 19.1 Å². The van der Waals surface area contributed by atoms with Gasteiger partial charge in [0.25, 0.3) is 0 Å². The molecule has 118 valence electrons. The summed E-state index contributed by atoms with van der Waals surface area (Å²) in [4.78, 5) is 0. The van der Waals surface area contributed by atoms with Gasteiger partial charge in [-0.1, -0.05) is 70.1 Å². The highest BCUT2D eigenvalue weighted by Gasteiger charge is 2.32. The molecule has 22 heavy (non-hydrogen) atoms. The predicted molar refractivity (Wildman–Crippen MR) is 86.7 cm³/mol. The molecule has 0 aliphatic carbocycles. The van der Waals surface area contributed by atoms with Gasteiger partial charge in [0, 0.05) is 5.56 Å². The number of hydrogen-bond donors (Lipinski definition) is 0. The van der Waals surface area contributed by atoms with Gasteiger partial charge >= 0.3 is 6.18 Å². The molecule has 0 nitrogen and oxygen atoms in total. The second-order valence-corrected chi connectivity index (χ2v) is 6.36. The standard InChI is InChI=1S/C14H6Cl5F3/c1-5-4-6(2-3-7(5)14(20,21)22)8-9(15)11(17)13(19)12(18)10(8)16/h2-4H,1H3. The second-order valence-electron chi connectivity index (χ2n) is 4.47.